The molecule has 2 aromatic heterocycles. The summed E-state index contributed by atoms with van der Waals surface area (Å²) >= 11 is 3.34. The molecule has 2 aliphatic heterocycles. The number of halogens is 1. The van der Waals surface area contributed by atoms with Crippen LogP contribution in [0, 0.1) is 5.92 Å². The highest BCUT2D eigenvalue weighted by atomic mass is 79.9. The third kappa shape index (κ3) is 4.58. The monoisotopic (exact) mass is 457 g/mol. The molecule has 2 amide bonds. The largest absolute Gasteiger partial charge is 0.356 e. The second-order valence-electron chi connectivity index (χ2n) is 7.51. The fourth-order valence-electron chi connectivity index (χ4n) is 3.97. The third-order valence-electron chi connectivity index (χ3n) is 5.48. The topological polar surface area (TPSA) is 78.4 Å². The second kappa shape index (κ2) is 8.90. The van der Waals surface area contributed by atoms with E-state index in [1.165, 1.54) is 0 Å². The van der Waals surface area contributed by atoms with Crippen LogP contribution in [0.25, 0.3) is 0 Å². The summed E-state index contributed by atoms with van der Waals surface area (Å²) in [6.07, 6.45) is 7.20. The van der Waals surface area contributed by atoms with Crippen LogP contribution < -0.4 is 10.2 Å². The maximum Gasteiger partial charge on any atom is 0.257 e. The number of aromatic nitrogens is 2. The highest BCUT2D eigenvalue weighted by Gasteiger charge is 2.31. The summed E-state index contributed by atoms with van der Waals surface area (Å²) in [6.45, 7) is 2.94. The lowest BCUT2D eigenvalue weighted by Crippen LogP contribution is -2.44. The Kier molecular flexibility index (Phi) is 6.08. The minimum atomic E-state index is -0.245. The smallest absolute Gasteiger partial charge is 0.257 e. The van der Waals surface area contributed by atoms with E-state index in [2.05, 4.69) is 36.1 Å². The number of rotatable bonds is 4. The van der Waals surface area contributed by atoms with Gasteiger partial charge in [-0.2, -0.15) is 0 Å². The second-order valence-corrected chi connectivity index (χ2v) is 8.43. The summed E-state index contributed by atoms with van der Waals surface area (Å²) in [5.41, 5.74) is 0.630. The maximum absolute atomic E-state index is 13.3. The van der Waals surface area contributed by atoms with E-state index in [1.807, 2.05) is 12.1 Å². The molecule has 0 saturated carbocycles. The van der Waals surface area contributed by atoms with E-state index in [-0.39, 0.29) is 17.7 Å². The average Bonchev–Trinajstić information content (AvgIpc) is 3.30. The number of nitrogens with zero attached hydrogens (tertiary/aromatic N) is 4. The molecule has 152 valence electrons. The summed E-state index contributed by atoms with van der Waals surface area (Å²) in [5.74, 6) is 0.901. The molecule has 0 aliphatic carbocycles. The van der Waals surface area contributed by atoms with Crippen molar-refractivity contribution in [3.63, 3.8) is 0 Å². The van der Waals surface area contributed by atoms with Crippen molar-refractivity contribution in [2.45, 2.75) is 25.7 Å². The van der Waals surface area contributed by atoms with Crippen LogP contribution >= 0.6 is 15.9 Å². The minimum absolute atomic E-state index is 0.0423. The summed E-state index contributed by atoms with van der Waals surface area (Å²) in [4.78, 5) is 38.6. The van der Waals surface area contributed by atoms with Gasteiger partial charge in [0.15, 0.2) is 0 Å². The molecule has 2 fully saturated rings. The molecule has 0 aromatic carbocycles. The lowest BCUT2D eigenvalue weighted by atomic mass is 9.96. The lowest BCUT2D eigenvalue weighted by molar-refractivity contribution is -0.121. The molecular weight excluding hydrogens is 434 g/mol. The first-order valence-electron chi connectivity index (χ1n) is 10.0. The van der Waals surface area contributed by atoms with Crippen LogP contribution in [0.5, 0.6) is 0 Å². The molecule has 0 radical (unpaired) electrons. The first-order valence-corrected chi connectivity index (χ1v) is 10.8. The van der Waals surface area contributed by atoms with Crippen LogP contribution in [0.4, 0.5) is 11.6 Å². The van der Waals surface area contributed by atoms with Crippen LogP contribution in [0.3, 0.4) is 0 Å². The molecule has 2 saturated heterocycles. The number of piperidine rings is 1. The van der Waals surface area contributed by atoms with Crippen LogP contribution in [0.2, 0.25) is 0 Å². The summed E-state index contributed by atoms with van der Waals surface area (Å²) < 4.78 is 0.857. The minimum Gasteiger partial charge on any atom is -0.356 e. The van der Waals surface area contributed by atoms with E-state index < -0.39 is 0 Å². The van der Waals surface area contributed by atoms with Gasteiger partial charge in [0.05, 0.1) is 11.5 Å². The van der Waals surface area contributed by atoms with Crippen molar-refractivity contribution >= 4 is 39.4 Å². The highest BCUT2D eigenvalue weighted by Crippen LogP contribution is 2.26. The number of hydrogen-bond donors (Lipinski definition) is 1. The molecule has 4 heterocycles. The summed E-state index contributed by atoms with van der Waals surface area (Å²) in [6, 6.07) is 7.24. The van der Waals surface area contributed by atoms with Gasteiger partial charge in [0.2, 0.25) is 5.91 Å². The molecule has 0 bridgehead atoms. The highest BCUT2D eigenvalue weighted by molar-refractivity contribution is 9.10. The fourth-order valence-corrected chi connectivity index (χ4v) is 4.20. The van der Waals surface area contributed by atoms with E-state index in [1.54, 1.807) is 29.4 Å². The number of likely N-dealkylation sites (tertiary alicyclic amines) is 1. The number of pyridine rings is 2. The van der Waals surface area contributed by atoms with Crippen molar-refractivity contribution in [3.05, 3.63) is 46.7 Å². The predicted molar refractivity (Wildman–Crippen MR) is 115 cm³/mol. The summed E-state index contributed by atoms with van der Waals surface area (Å²) in [7, 11) is 0. The quantitative estimate of drug-likeness (QED) is 0.761. The van der Waals surface area contributed by atoms with Gasteiger partial charge in [0.25, 0.3) is 5.91 Å². The number of hydrogen-bond acceptors (Lipinski definition) is 5. The molecule has 29 heavy (non-hydrogen) atoms. The molecular formula is C21H24BrN5O2. The predicted octanol–water partition coefficient (Wildman–Crippen LogP) is 3.33. The molecule has 4 rings (SSSR count). The third-order valence-corrected chi connectivity index (χ3v) is 5.95. The molecule has 2 aromatic rings. The van der Waals surface area contributed by atoms with Crippen molar-refractivity contribution in [1.29, 1.82) is 0 Å². The van der Waals surface area contributed by atoms with E-state index in [0.717, 1.165) is 49.1 Å². The zero-order chi connectivity index (χ0) is 20.2. The van der Waals surface area contributed by atoms with Gasteiger partial charge in [-0.05, 0) is 65.9 Å². The van der Waals surface area contributed by atoms with Crippen LogP contribution in [0.1, 0.15) is 36.0 Å². The maximum atomic E-state index is 13.3. The number of anilines is 2. The van der Waals surface area contributed by atoms with Gasteiger partial charge >= 0.3 is 0 Å². The van der Waals surface area contributed by atoms with Crippen molar-refractivity contribution in [2.24, 2.45) is 5.92 Å². The van der Waals surface area contributed by atoms with E-state index in [9.17, 15) is 9.59 Å². The van der Waals surface area contributed by atoms with Crippen molar-refractivity contribution in [3.8, 4) is 0 Å². The Balaban J connectivity index is 1.45. The SMILES string of the molecule is O=C(Nc1ccc(Br)cn1)C1CCCN(C(=O)c2cccnc2N2CCCC2)C1. The Labute approximate surface area is 178 Å². The molecule has 2 aliphatic rings. The standard InChI is InChI=1S/C21H24BrN5O2/c22-16-7-8-18(24-13-16)25-20(28)15-5-4-12-27(14-15)21(29)17-6-3-9-23-19(17)26-10-1-2-11-26/h3,6-9,13,15H,1-2,4-5,10-12,14H2,(H,24,25,28). The molecule has 1 atom stereocenters. The van der Waals surface area contributed by atoms with Gasteiger partial charge in [0.1, 0.15) is 11.6 Å². The van der Waals surface area contributed by atoms with Crippen molar-refractivity contribution < 1.29 is 9.59 Å². The van der Waals surface area contributed by atoms with Crippen molar-refractivity contribution in [1.82, 2.24) is 14.9 Å². The Bertz CT molecular complexity index is 883. The molecule has 0 spiro atoms. The van der Waals surface area contributed by atoms with Crippen LogP contribution in [-0.2, 0) is 4.79 Å². The van der Waals surface area contributed by atoms with Crippen molar-refractivity contribution in [2.75, 3.05) is 36.4 Å². The Morgan fingerprint density at radius 3 is 2.66 bits per heavy atom. The summed E-state index contributed by atoms with van der Waals surface area (Å²) in [5, 5.41) is 2.86. The fraction of sp³-hybridized carbons (Fsp3) is 0.429. The zero-order valence-electron chi connectivity index (χ0n) is 16.2. The van der Waals surface area contributed by atoms with Crippen LogP contribution in [0.15, 0.2) is 41.1 Å². The van der Waals surface area contributed by atoms with Gasteiger partial charge in [-0.15, -0.1) is 0 Å². The first-order chi connectivity index (χ1) is 14.1. The van der Waals surface area contributed by atoms with Gasteiger partial charge < -0.3 is 15.1 Å². The number of amides is 2. The number of carbonyl (C=O) groups excluding carboxylic acids is 2. The first kappa shape index (κ1) is 19.8. The number of carbonyl (C=O) groups is 2. The van der Waals surface area contributed by atoms with E-state index >= 15 is 0 Å². The average molecular weight is 458 g/mol. The molecule has 1 N–H and O–H groups in total. The Morgan fingerprint density at radius 2 is 1.90 bits per heavy atom. The van der Waals surface area contributed by atoms with E-state index in [4.69, 9.17) is 0 Å². The van der Waals surface area contributed by atoms with Crippen LogP contribution in [-0.4, -0.2) is 52.9 Å². The molecule has 1 unspecified atom stereocenters. The zero-order valence-corrected chi connectivity index (χ0v) is 17.8. The lowest BCUT2D eigenvalue weighted by Gasteiger charge is -2.33. The van der Waals surface area contributed by atoms with Gasteiger partial charge in [-0.25, -0.2) is 9.97 Å². The normalized spacial score (nSPS) is 19.3. The van der Waals surface area contributed by atoms with Gasteiger partial charge in [-0.3, -0.25) is 9.59 Å². The van der Waals surface area contributed by atoms with Gasteiger partial charge in [-0.1, -0.05) is 0 Å². The van der Waals surface area contributed by atoms with Gasteiger partial charge in [0, 0.05) is 43.0 Å². The van der Waals surface area contributed by atoms with E-state index in [0.29, 0.717) is 24.5 Å². The Hall–Kier alpha value is -2.48. The number of nitrogens with one attached hydrogen (secondary N) is 1. The molecule has 8 heteroatoms. The Morgan fingerprint density at radius 1 is 1.07 bits per heavy atom. The molecule has 7 nitrogen and oxygen atoms in total.